The number of hydrogen-bond acceptors (Lipinski definition) is 2. The fourth-order valence-corrected chi connectivity index (χ4v) is 4.64. The second kappa shape index (κ2) is 7.51. The highest BCUT2D eigenvalue weighted by Crippen LogP contribution is 2.41. The van der Waals surface area contributed by atoms with Crippen LogP contribution in [0.4, 0.5) is 0 Å². The summed E-state index contributed by atoms with van der Waals surface area (Å²) in [5.74, 6) is 1.64. The van der Waals surface area contributed by atoms with E-state index < -0.39 is 0 Å². The third kappa shape index (κ3) is 3.27. The first-order valence-electron chi connectivity index (χ1n) is 10.8. The molecule has 0 fully saturated rings. The Bertz CT molecular complexity index is 1180. The van der Waals surface area contributed by atoms with Crippen molar-refractivity contribution >= 4 is 21.7 Å². The Hall–Kier alpha value is -2.87. The van der Waals surface area contributed by atoms with Crippen molar-refractivity contribution in [1.29, 1.82) is 0 Å². The summed E-state index contributed by atoms with van der Waals surface area (Å²) in [7, 11) is 0. The van der Waals surface area contributed by atoms with Crippen LogP contribution >= 0.6 is 0 Å². The zero-order valence-corrected chi connectivity index (χ0v) is 17.2. The number of hydrogen-bond donors (Lipinski definition) is 0. The minimum atomic E-state index is 0.697. The van der Waals surface area contributed by atoms with Crippen molar-refractivity contribution in [3.8, 4) is 16.9 Å². The number of aryl methyl sites for hydroxylation is 1. The van der Waals surface area contributed by atoms with Gasteiger partial charge in [0.15, 0.2) is 0 Å². The lowest BCUT2D eigenvalue weighted by atomic mass is 9.81. The topological polar surface area (TPSA) is 22.1 Å². The highest BCUT2D eigenvalue weighted by molar-refractivity contribution is 6.14. The Kier molecular flexibility index (Phi) is 4.71. The maximum atomic E-state index is 5.82. The van der Waals surface area contributed by atoms with E-state index in [1.165, 1.54) is 45.0 Å². The molecule has 0 N–H and O–H groups in total. The zero-order valence-electron chi connectivity index (χ0n) is 17.2. The Labute approximate surface area is 172 Å². The predicted molar refractivity (Wildman–Crippen MR) is 122 cm³/mol. The van der Waals surface area contributed by atoms with E-state index in [2.05, 4.69) is 74.5 Å². The van der Waals surface area contributed by atoms with Gasteiger partial charge >= 0.3 is 0 Å². The van der Waals surface area contributed by atoms with Gasteiger partial charge in [-0.15, -0.1) is 0 Å². The number of ether oxygens (including phenoxy) is 1. The fraction of sp³-hybridized carbons (Fsp3) is 0.296. The van der Waals surface area contributed by atoms with Gasteiger partial charge in [-0.05, 0) is 77.3 Å². The summed E-state index contributed by atoms with van der Waals surface area (Å²) in [5, 5.41) is 3.85. The van der Waals surface area contributed by atoms with Crippen LogP contribution in [0.15, 0.2) is 60.7 Å². The van der Waals surface area contributed by atoms with Crippen molar-refractivity contribution in [2.24, 2.45) is 5.92 Å². The van der Waals surface area contributed by atoms with Crippen LogP contribution in [0.25, 0.3) is 32.8 Å². The first-order chi connectivity index (χ1) is 14.2. The number of nitrogens with zero attached hydrogens (tertiary/aromatic N) is 1. The Morgan fingerprint density at radius 3 is 2.66 bits per heavy atom. The summed E-state index contributed by atoms with van der Waals surface area (Å²) in [4.78, 5) is 5.12. The first kappa shape index (κ1) is 18.2. The Morgan fingerprint density at radius 2 is 1.83 bits per heavy atom. The van der Waals surface area contributed by atoms with Gasteiger partial charge in [0.1, 0.15) is 5.75 Å². The molecule has 3 aromatic carbocycles. The molecule has 0 radical (unpaired) electrons. The van der Waals surface area contributed by atoms with Gasteiger partial charge in [0.25, 0.3) is 0 Å². The summed E-state index contributed by atoms with van der Waals surface area (Å²) >= 11 is 0. The normalized spacial score (nSPS) is 16.1. The lowest BCUT2D eigenvalue weighted by molar-refractivity contribution is 0.317. The molecule has 0 bridgehead atoms. The Morgan fingerprint density at radius 1 is 1.00 bits per heavy atom. The molecule has 2 nitrogen and oxygen atoms in total. The van der Waals surface area contributed by atoms with Crippen LogP contribution in [0.2, 0.25) is 0 Å². The molecule has 1 aliphatic rings. The van der Waals surface area contributed by atoms with Gasteiger partial charge in [-0.25, -0.2) is 0 Å². The molecule has 4 aromatic rings. The number of aromatic nitrogens is 1. The van der Waals surface area contributed by atoms with Gasteiger partial charge in [-0.1, -0.05) is 56.3 Å². The van der Waals surface area contributed by atoms with Crippen molar-refractivity contribution < 1.29 is 4.74 Å². The molecule has 2 heteroatoms. The van der Waals surface area contributed by atoms with Crippen molar-refractivity contribution in [3.63, 3.8) is 0 Å². The smallest absolute Gasteiger partial charge is 0.119 e. The zero-order chi connectivity index (χ0) is 19.8. The summed E-state index contributed by atoms with van der Waals surface area (Å²) in [6.45, 7) is 5.26. The maximum Gasteiger partial charge on any atom is 0.119 e. The van der Waals surface area contributed by atoms with Crippen LogP contribution in [0.3, 0.4) is 0 Å². The molecule has 0 saturated heterocycles. The molecule has 0 amide bonds. The van der Waals surface area contributed by atoms with Gasteiger partial charge in [0, 0.05) is 11.1 Å². The number of fused-ring (bicyclic) bond motifs is 4. The molecule has 5 rings (SSSR count). The molecule has 0 spiro atoms. The van der Waals surface area contributed by atoms with E-state index in [0.29, 0.717) is 5.92 Å². The monoisotopic (exact) mass is 381 g/mol. The van der Waals surface area contributed by atoms with E-state index >= 15 is 0 Å². The van der Waals surface area contributed by atoms with E-state index in [4.69, 9.17) is 9.72 Å². The van der Waals surface area contributed by atoms with Crippen molar-refractivity contribution in [1.82, 2.24) is 4.98 Å². The average molecular weight is 382 g/mol. The molecule has 1 atom stereocenters. The maximum absolute atomic E-state index is 5.82. The van der Waals surface area contributed by atoms with Gasteiger partial charge < -0.3 is 4.74 Å². The third-order valence-corrected chi connectivity index (χ3v) is 6.10. The lowest BCUT2D eigenvalue weighted by Gasteiger charge is -2.25. The van der Waals surface area contributed by atoms with E-state index in [0.717, 1.165) is 37.1 Å². The van der Waals surface area contributed by atoms with Gasteiger partial charge in [-0.2, -0.15) is 0 Å². The quantitative estimate of drug-likeness (QED) is 0.356. The molecular formula is C27H27NO. The predicted octanol–water partition coefficient (Wildman–Crippen LogP) is 6.97. The molecular weight excluding hydrogens is 354 g/mol. The van der Waals surface area contributed by atoms with Crippen LogP contribution in [0, 0.1) is 5.92 Å². The molecule has 1 heterocycles. The minimum Gasteiger partial charge on any atom is -0.494 e. The minimum absolute atomic E-state index is 0.697. The van der Waals surface area contributed by atoms with E-state index in [1.807, 2.05) is 0 Å². The van der Waals surface area contributed by atoms with Crippen molar-refractivity contribution in [2.75, 3.05) is 6.61 Å². The van der Waals surface area contributed by atoms with Crippen LogP contribution in [0.5, 0.6) is 5.75 Å². The second-order valence-corrected chi connectivity index (χ2v) is 8.31. The summed E-state index contributed by atoms with van der Waals surface area (Å²) in [6.07, 6.45) is 4.42. The van der Waals surface area contributed by atoms with E-state index in [9.17, 15) is 0 Å². The number of rotatable bonds is 4. The third-order valence-electron chi connectivity index (χ3n) is 6.10. The van der Waals surface area contributed by atoms with Crippen LogP contribution < -0.4 is 4.74 Å². The van der Waals surface area contributed by atoms with Gasteiger partial charge in [0.2, 0.25) is 0 Å². The molecule has 0 unspecified atom stereocenters. The van der Waals surface area contributed by atoms with E-state index in [-0.39, 0.29) is 0 Å². The highest BCUT2D eigenvalue weighted by Gasteiger charge is 2.23. The molecule has 0 saturated carbocycles. The summed E-state index contributed by atoms with van der Waals surface area (Å²) < 4.78 is 5.82. The Balaban J connectivity index is 1.79. The van der Waals surface area contributed by atoms with Crippen LogP contribution in [-0.2, 0) is 12.8 Å². The fourth-order valence-electron chi connectivity index (χ4n) is 4.64. The standard InChI is InChI=1S/C27H27NO/c1-3-16-29-21-12-9-20(10-13-21)26-23-17-18(2)8-14-24(23)28-25-15-11-19-6-4-5-7-22(19)27(25)26/h4-7,9-13,15,18H,3,8,14,16-17H2,1-2H3/t18-/m1/s1. The van der Waals surface area contributed by atoms with E-state index in [1.54, 1.807) is 0 Å². The van der Waals surface area contributed by atoms with Crippen molar-refractivity contribution in [3.05, 3.63) is 71.9 Å². The molecule has 0 aliphatic heterocycles. The number of benzene rings is 3. The second-order valence-electron chi connectivity index (χ2n) is 8.31. The highest BCUT2D eigenvalue weighted by atomic mass is 16.5. The molecule has 29 heavy (non-hydrogen) atoms. The van der Waals surface area contributed by atoms with Crippen LogP contribution in [0.1, 0.15) is 37.9 Å². The average Bonchev–Trinajstić information content (AvgIpc) is 2.76. The molecule has 146 valence electrons. The molecule has 1 aromatic heterocycles. The summed E-state index contributed by atoms with van der Waals surface area (Å²) in [6, 6.07) is 21.7. The lowest BCUT2D eigenvalue weighted by Crippen LogP contribution is -2.14. The molecule has 1 aliphatic carbocycles. The number of pyridine rings is 1. The first-order valence-corrected chi connectivity index (χ1v) is 10.8. The SMILES string of the molecule is CCCOc1ccc(-c2c3c(nc4ccc5ccccc5c24)CC[C@@H](C)C3)cc1. The summed E-state index contributed by atoms with van der Waals surface area (Å²) in [5.41, 5.74) is 6.47. The van der Waals surface area contributed by atoms with Gasteiger partial charge in [-0.3, -0.25) is 4.98 Å². The largest absolute Gasteiger partial charge is 0.494 e. The van der Waals surface area contributed by atoms with Crippen molar-refractivity contribution in [2.45, 2.75) is 39.5 Å². The van der Waals surface area contributed by atoms with Crippen LogP contribution in [-0.4, -0.2) is 11.6 Å². The van der Waals surface area contributed by atoms with Gasteiger partial charge in [0.05, 0.1) is 12.1 Å².